The Morgan fingerprint density at radius 2 is 1.84 bits per heavy atom. The molecule has 0 atom stereocenters. The molecule has 0 saturated heterocycles. The Morgan fingerprint density at radius 3 is 2.47 bits per heavy atom. The molecule has 0 saturated carbocycles. The minimum Gasteiger partial charge on any atom is -0.384 e. The molecule has 2 heterocycles. The van der Waals surface area contributed by atoms with E-state index in [9.17, 15) is 0 Å². The molecule has 2 nitrogen and oxygen atoms in total. The van der Waals surface area contributed by atoms with E-state index in [4.69, 9.17) is 16.7 Å². The van der Waals surface area contributed by atoms with Gasteiger partial charge >= 0.3 is 0 Å². The Morgan fingerprint density at radius 1 is 1.16 bits per heavy atom. The molecule has 2 aromatic rings. The summed E-state index contributed by atoms with van der Waals surface area (Å²) >= 11 is 9.21. The van der Waals surface area contributed by atoms with E-state index in [0.29, 0.717) is 0 Å². The lowest BCUT2D eigenvalue weighted by Gasteiger charge is -2.13. The van der Waals surface area contributed by atoms with Crippen LogP contribution < -0.4 is 0 Å². The molecular formula is C14H14ClNOS2. The maximum Gasteiger partial charge on any atom is 0.104 e. The number of thiophene rings is 2. The van der Waals surface area contributed by atoms with Gasteiger partial charge in [0, 0.05) is 22.8 Å². The molecule has 1 N–H and O–H groups in total. The van der Waals surface area contributed by atoms with Crippen LogP contribution in [0.15, 0.2) is 24.3 Å². The van der Waals surface area contributed by atoms with Gasteiger partial charge in [-0.1, -0.05) is 23.4 Å². The maximum atomic E-state index is 8.66. The second kappa shape index (κ2) is 7.09. The number of aliphatic hydroxyl groups excluding tert-OH is 1. The predicted octanol–water partition coefficient (Wildman–Crippen LogP) is 3.44. The molecule has 0 aliphatic rings. The minimum atomic E-state index is -0.0910. The van der Waals surface area contributed by atoms with E-state index in [1.807, 2.05) is 12.1 Å². The van der Waals surface area contributed by atoms with Gasteiger partial charge in [0.05, 0.1) is 9.21 Å². The fourth-order valence-electron chi connectivity index (χ4n) is 1.68. The lowest BCUT2D eigenvalue weighted by atomic mass is 10.4. The average Bonchev–Trinajstić information content (AvgIpc) is 2.96. The Labute approximate surface area is 126 Å². The first kappa shape index (κ1) is 14.6. The lowest BCUT2D eigenvalue weighted by Crippen LogP contribution is -2.15. The highest BCUT2D eigenvalue weighted by molar-refractivity contribution is 7.16. The first-order valence-corrected chi connectivity index (χ1v) is 7.79. The number of aliphatic hydroxyl groups is 1. The van der Waals surface area contributed by atoms with Gasteiger partial charge in [-0.05, 0) is 31.3 Å². The summed E-state index contributed by atoms with van der Waals surface area (Å²) in [4.78, 5) is 5.78. The van der Waals surface area contributed by atoms with Gasteiger partial charge in [0.15, 0.2) is 0 Å². The van der Waals surface area contributed by atoms with Crippen LogP contribution in [0.25, 0.3) is 0 Å². The highest BCUT2D eigenvalue weighted by Crippen LogP contribution is 2.23. The molecule has 0 amide bonds. The zero-order valence-corrected chi connectivity index (χ0v) is 12.9. The second-order valence-electron chi connectivity index (χ2n) is 4.10. The minimum absolute atomic E-state index is 0.0910. The Hall–Kier alpha value is -0.830. The van der Waals surface area contributed by atoms with Gasteiger partial charge in [-0.15, -0.1) is 22.7 Å². The normalized spacial score (nSPS) is 10.5. The Kier molecular flexibility index (Phi) is 5.44. The van der Waals surface area contributed by atoms with Crippen molar-refractivity contribution in [1.29, 1.82) is 0 Å². The molecule has 0 aliphatic carbocycles. The smallest absolute Gasteiger partial charge is 0.104 e. The van der Waals surface area contributed by atoms with E-state index < -0.39 is 0 Å². The molecule has 0 aliphatic heterocycles. The summed E-state index contributed by atoms with van der Waals surface area (Å²) in [5, 5.41) is 8.66. The molecular weight excluding hydrogens is 298 g/mol. The Balaban J connectivity index is 1.91. The molecule has 100 valence electrons. The lowest BCUT2D eigenvalue weighted by molar-refractivity contribution is 0.325. The topological polar surface area (TPSA) is 23.5 Å². The third-order valence-electron chi connectivity index (χ3n) is 2.43. The van der Waals surface area contributed by atoms with Crippen LogP contribution in [0, 0.1) is 11.8 Å². The van der Waals surface area contributed by atoms with Gasteiger partial charge in [-0.2, -0.15) is 0 Å². The SMILES string of the molecule is CN(Cc1ccc(Cl)s1)Cc1ccc(C#CCO)s1. The highest BCUT2D eigenvalue weighted by atomic mass is 35.5. The number of hydrogen-bond donors (Lipinski definition) is 1. The van der Waals surface area contributed by atoms with Crippen LogP contribution in [-0.2, 0) is 13.1 Å². The van der Waals surface area contributed by atoms with Crippen molar-refractivity contribution in [3.05, 3.63) is 43.2 Å². The average molecular weight is 312 g/mol. The molecule has 19 heavy (non-hydrogen) atoms. The van der Waals surface area contributed by atoms with Crippen molar-refractivity contribution in [3.63, 3.8) is 0 Å². The maximum absolute atomic E-state index is 8.66. The summed E-state index contributed by atoms with van der Waals surface area (Å²) in [7, 11) is 2.09. The monoisotopic (exact) mass is 311 g/mol. The predicted molar refractivity (Wildman–Crippen MR) is 82.8 cm³/mol. The number of hydrogen-bond acceptors (Lipinski definition) is 4. The fourth-order valence-corrected chi connectivity index (χ4v) is 3.81. The number of nitrogens with zero attached hydrogens (tertiary/aromatic N) is 1. The van der Waals surface area contributed by atoms with Crippen LogP contribution in [0.3, 0.4) is 0 Å². The zero-order chi connectivity index (χ0) is 13.7. The van der Waals surface area contributed by atoms with Crippen LogP contribution in [-0.4, -0.2) is 23.7 Å². The summed E-state index contributed by atoms with van der Waals surface area (Å²) in [6.45, 7) is 1.69. The van der Waals surface area contributed by atoms with Crippen molar-refractivity contribution in [3.8, 4) is 11.8 Å². The van der Waals surface area contributed by atoms with Crippen molar-refractivity contribution in [1.82, 2.24) is 4.90 Å². The molecule has 0 aromatic carbocycles. The van der Waals surface area contributed by atoms with E-state index in [1.54, 1.807) is 22.7 Å². The van der Waals surface area contributed by atoms with E-state index in [-0.39, 0.29) is 6.61 Å². The molecule has 0 unspecified atom stereocenters. The first-order valence-electron chi connectivity index (χ1n) is 5.78. The number of halogens is 1. The fraction of sp³-hybridized carbons (Fsp3) is 0.286. The molecule has 2 rings (SSSR count). The number of rotatable bonds is 4. The molecule has 0 radical (unpaired) electrons. The van der Waals surface area contributed by atoms with Gasteiger partial charge in [-0.3, -0.25) is 4.90 Å². The molecule has 0 spiro atoms. The Bertz CT molecular complexity index is 594. The van der Waals surface area contributed by atoms with Crippen molar-refractivity contribution in [2.24, 2.45) is 0 Å². The standard InChI is InChI=1S/C14H14ClNOS2/c1-16(10-13-6-7-14(15)19-13)9-12-5-4-11(18-12)3-2-8-17/h4-7,17H,8-10H2,1H3. The molecule has 0 fully saturated rings. The van der Waals surface area contributed by atoms with Gasteiger partial charge < -0.3 is 5.11 Å². The third-order valence-corrected chi connectivity index (χ3v) is 4.63. The summed E-state index contributed by atoms with van der Waals surface area (Å²) in [5.41, 5.74) is 0. The van der Waals surface area contributed by atoms with Gasteiger partial charge in [0.2, 0.25) is 0 Å². The largest absolute Gasteiger partial charge is 0.384 e. The highest BCUT2D eigenvalue weighted by Gasteiger charge is 2.06. The second-order valence-corrected chi connectivity index (χ2v) is 7.07. The van der Waals surface area contributed by atoms with Gasteiger partial charge in [-0.25, -0.2) is 0 Å². The zero-order valence-electron chi connectivity index (χ0n) is 10.5. The summed E-state index contributed by atoms with van der Waals surface area (Å²) in [6.07, 6.45) is 0. The van der Waals surface area contributed by atoms with E-state index in [2.05, 4.69) is 35.9 Å². The van der Waals surface area contributed by atoms with Crippen LogP contribution in [0.1, 0.15) is 14.6 Å². The van der Waals surface area contributed by atoms with Crippen molar-refractivity contribution < 1.29 is 5.11 Å². The first-order chi connectivity index (χ1) is 9.17. The van der Waals surface area contributed by atoms with Crippen molar-refractivity contribution in [2.75, 3.05) is 13.7 Å². The van der Waals surface area contributed by atoms with Gasteiger partial charge in [0.1, 0.15) is 6.61 Å². The summed E-state index contributed by atoms with van der Waals surface area (Å²) in [5.74, 6) is 5.59. The van der Waals surface area contributed by atoms with E-state index >= 15 is 0 Å². The van der Waals surface area contributed by atoms with Crippen molar-refractivity contribution in [2.45, 2.75) is 13.1 Å². The molecule has 0 bridgehead atoms. The quantitative estimate of drug-likeness (QED) is 0.874. The third kappa shape index (κ3) is 4.64. The van der Waals surface area contributed by atoms with E-state index in [1.165, 1.54) is 9.75 Å². The summed E-state index contributed by atoms with van der Waals surface area (Å²) < 4.78 is 0.834. The van der Waals surface area contributed by atoms with Crippen LogP contribution >= 0.6 is 34.3 Å². The molecule has 5 heteroatoms. The van der Waals surface area contributed by atoms with Crippen LogP contribution in [0.2, 0.25) is 4.34 Å². The molecule has 2 aromatic heterocycles. The van der Waals surface area contributed by atoms with Crippen LogP contribution in [0.4, 0.5) is 0 Å². The summed E-state index contributed by atoms with van der Waals surface area (Å²) in [6, 6.07) is 8.08. The van der Waals surface area contributed by atoms with Gasteiger partial charge in [0.25, 0.3) is 0 Å². The van der Waals surface area contributed by atoms with E-state index in [0.717, 1.165) is 22.3 Å². The van der Waals surface area contributed by atoms with Crippen LogP contribution in [0.5, 0.6) is 0 Å². The van der Waals surface area contributed by atoms with Crippen molar-refractivity contribution >= 4 is 34.3 Å².